The molecule has 1 aromatic rings. The van der Waals surface area contributed by atoms with E-state index in [0.29, 0.717) is 11.1 Å². The molecular weight excluding hydrogens is 280 g/mol. The summed E-state index contributed by atoms with van der Waals surface area (Å²) < 4.78 is 26.0. The Bertz CT molecular complexity index is 602. The van der Waals surface area contributed by atoms with E-state index in [-0.39, 0.29) is 24.6 Å². The van der Waals surface area contributed by atoms with Gasteiger partial charge in [0, 0.05) is 13.0 Å². The lowest BCUT2D eigenvalue weighted by molar-refractivity contribution is -0.137. The molecular formula is C13H16N2O4S. The van der Waals surface area contributed by atoms with Crippen molar-refractivity contribution >= 4 is 16.0 Å². The second kappa shape index (κ2) is 7.03. The number of sulfonamides is 1. The van der Waals surface area contributed by atoms with Gasteiger partial charge in [-0.3, -0.25) is 4.79 Å². The highest BCUT2D eigenvalue weighted by Gasteiger charge is 2.14. The van der Waals surface area contributed by atoms with Crippen LogP contribution >= 0.6 is 0 Å². The highest BCUT2D eigenvalue weighted by atomic mass is 32.2. The quantitative estimate of drug-likeness (QED) is 0.783. The molecule has 108 valence electrons. The molecule has 0 spiro atoms. The largest absolute Gasteiger partial charge is 0.481 e. The van der Waals surface area contributed by atoms with Crippen LogP contribution in [0.3, 0.4) is 0 Å². The Hall–Kier alpha value is -1.91. The summed E-state index contributed by atoms with van der Waals surface area (Å²) >= 11 is 0. The third-order valence-electron chi connectivity index (χ3n) is 2.61. The number of rotatable bonds is 7. The number of nitrogens with one attached hydrogen (secondary N) is 1. The number of carboxylic acid groups (broad SMARTS) is 1. The van der Waals surface area contributed by atoms with Crippen molar-refractivity contribution in [3.8, 4) is 6.07 Å². The molecule has 7 heteroatoms. The molecule has 1 rings (SSSR count). The predicted octanol–water partition coefficient (Wildman–Crippen LogP) is 1.09. The van der Waals surface area contributed by atoms with Gasteiger partial charge in [0.1, 0.15) is 0 Å². The number of aliphatic carboxylic acids is 1. The van der Waals surface area contributed by atoms with E-state index >= 15 is 0 Å². The average Bonchev–Trinajstić information content (AvgIpc) is 2.36. The summed E-state index contributed by atoms with van der Waals surface area (Å²) in [4.78, 5) is 10.5. The van der Waals surface area contributed by atoms with E-state index in [4.69, 9.17) is 10.4 Å². The first-order valence-corrected chi connectivity index (χ1v) is 7.66. The molecule has 0 heterocycles. The molecule has 0 bridgehead atoms. The zero-order valence-electron chi connectivity index (χ0n) is 11.0. The maximum atomic E-state index is 11.8. The smallest absolute Gasteiger partial charge is 0.303 e. The predicted molar refractivity (Wildman–Crippen MR) is 73.2 cm³/mol. The summed E-state index contributed by atoms with van der Waals surface area (Å²) in [6, 6.07) is 8.23. The van der Waals surface area contributed by atoms with Crippen LogP contribution in [0.1, 0.15) is 24.5 Å². The second-order valence-corrected chi connectivity index (χ2v) is 6.43. The Morgan fingerprint density at radius 2 is 2.00 bits per heavy atom. The molecule has 6 nitrogen and oxygen atoms in total. The molecule has 0 aliphatic rings. The minimum absolute atomic E-state index is 0.0839. The van der Waals surface area contributed by atoms with Gasteiger partial charge in [-0.05, 0) is 23.6 Å². The molecule has 20 heavy (non-hydrogen) atoms. The molecule has 0 aromatic heterocycles. The van der Waals surface area contributed by atoms with E-state index in [2.05, 4.69) is 4.72 Å². The minimum Gasteiger partial charge on any atom is -0.481 e. The van der Waals surface area contributed by atoms with E-state index in [1.54, 1.807) is 31.2 Å². The fourth-order valence-electron chi connectivity index (χ4n) is 1.59. The van der Waals surface area contributed by atoms with Crippen molar-refractivity contribution in [1.82, 2.24) is 4.72 Å². The highest BCUT2D eigenvalue weighted by Crippen LogP contribution is 2.08. The standard InChI is InChI=1S/C13H16N2O4S/c1-10(6-13(16)17)8-15-20(18,19)9-12-4-2-11(7-14)3-5-12/h2-5,10,15H,6,8-9H2,1H3,(H,16,17). The van der Waals surface area contributed by atoms with Gasteiger partial charge in [0.2, 0.25) is 10.0 Å². The van der Waals surface area contributed by atoms with E-state index in [1.165, 1.54) is 0 Å². The van der Waals surface area contributed by atoms with Crippen molar-refractivity contribution in [2.24, 2.45) is 5.92 Å². The molecule has 1 unspecified atom stereocenters. The Morgan fingerprint density at radius 3 is 2.50 bits per heavy atom. The molecule has 0 aliphatic carbocycles. The third kappa shape index (κ3) is 5.82. The topological polar surface area (TPSA) is 107 Å². The molecule has 0 aliphatic heterocycles. The Labute approximate surface area is 118 Å². The third-order valence-corrected chi connectivity index (χ3v) is 3.93. The Balaban J connectivity index is 2.56. The Morgan fingerprint density at radius 1 is 1.40 bits per heavy atom. The van der Waals surface area contributed by atoms with E-state index in [9.17, 15) is 13.2 Å². The number of nitriles is 1. The first kappa shape index (κ1) is 16.1. The van der Waals surface area contributed by atoms with Gasteiger partial charge in [-0.1, -0.05) is 19.1 Å². The van der Waals surface area contributed by atoms with Crippen molar-refractivity contribution in [2.45, 2.75) is 19.1 Å². The van der Waals surface area contributed by atoms with Crippen LogP contribution in [0.2, 0.25) is 0 Å². The molecule has 2 N–H and O–H groups in total. The second-order valence-electron chi connectivity index (χ2n) is 4.62. The monoisotopic (exact) mass is 296 g/mol. The molecule has 1 atom stereocenters. The van der Waals surface area contributed by atoms with Gasteiger partial charge in [0.25, 0.3) is 0 Å². The number of carbonyl (C=O) groups is 1. The van der Waals surface area contributed by atoms with Gasteiger partial charge in [-0.25, -0.2) is 13.1 Å². The summed E-state index contributed by atoms with van der Waals surface area (Å²) in [6.45, 7) is 1.75. The van der Waals surface area contributed by atoms with Crippen LogP contribution in [-0.4, -0.2) is 26.0 Å². The van der Waals surface area contributed by atoms with Gasteiger partial charge < -0.3 is 5.11 Å². The number of hydrogen-bond donors (Lipinski definition) is 2. The lowest BCUT2D eigenvalue weighted by Crippen LogP contribution is -2.30. The van der Waals surface area contributed by atoms with Crippen molar-refractivity contribution in [3.63, 3.8) is 0 Å². The van der Waals surface area contributed by atoms with Crippen molar-refractivity contribution in [2.75, 3.05) is 6.54 Å². The Kier molecular flexibility index (Phi) is 5.67. The summed E-state index contributed by atoms with van der Waals surface area (Å²) in [6.07, 6.45) is -0.0839. The lowest BCUT2D eigenvalue weighted by Gasteiger charge is -2.11. The minimum atomic E-state index is -3.51. The van der Waals surface area contributed by atoms with Crippen LogP contribution in [0.5, 0.6) is 0 Å². The SMILES string of the molecule is CC(CNS(=O)(=O)Cc1ccc(C#N)cc1)CC(=O)O. The fourth-order valence-corrected chi connectivity index (χ4v) is 2.86. The number of carboxylic acids is 1. The number of nitrogens with zero attached hydrogens (tertiary/aromatic N) is 1. The average molecular weight is 296 g/mol. The number of hydrogen-bond acceptors (Lipinski definition) is 4. The molecule has 0 saturated heterocycles. The molecule has 0 radical (unpaired) electrons. The summed E-state index contributed by atoms with van der Waals surface area (Å²) in [7, 11) is -3.51. The van der Waals surface area contributed by atoms with Crippen LogP contribution in [-0.2, 0) is 20.6 Å². The van der Waals surface area contributed by atoms with Crippen molar-refractivity contribution < 1.29 is 18.3 Å². The first-order valence-electron chi connectivity index (χ1n) is 6.00. The van der Waals surface area contributed by atoms with E-state index in [0.717, 1.165) is 0 Å². The number of benzene rings is 1. The zero-order chi connectivity index (χ0) is 15.2. The summed E-state index contributed by atoms with van der Waals surface area (Å²) in [5.74, 6) is -1.43. The zero-order valence-corrected chi connectivity index (χ0v) is 11.9. The molecule has 0 fully saturated rings. The lowest BCUT2D eigenvalue weighted by atomic mass is 10.1. The van der Waals surface area contributed by atoms with Crippen LogP contribution < -0.4 is 4.72 Å². The van der Waals surface area contributed by atoms with E-state index < -0.39 is 16.0 Å². The fraction of sp³-hybridized carbons (Fsp3) is 0.385. The summed E-state index contributed by atoms with van der Waals surface area (Å²) in [5, 5.41) is 17.2. The van der Waals surface area contributed by atoms with Crippen LogP contribution in [0.4, 0.5) is 0 Å². The molecule has 0 saturated carbocycles. The highest BCUT2D eigenvalue weighted by molar-refractivity contribution is 7.88. The van der Waals surface area contributed by atoms with Crippen LogP contribution in [0, 0.1) is 17.2 Å². The van der Waals surface area contributed by atoms with Crippen molar-refractivity contribution in [1.29, 1.82) is 5.26 Å². The van der Waals surface area contributed by atoms with Gasteiger partial charge in [0.15, 0.2) is 0 Å². The van der Waals surface area contributed by atoms with Crippen LogP contribution in [0.15, 0.2) is 24.3 Å². The summed E-state index contributed by atoms with van der Waals surface area (Å²) in [5.41, 5.74) is 1.04. The first-order chi connectivity index (χ1) is 9.32. The molecule has 1 aromatic carbocycles. The normalized spacial score (nSPS) is 12.6. The van der Waals surface area contributed by atoms with Gasteiger partial charge in [-0.2, -0.15) is 5.26 Å². The van der Waals surface area contributed by atoms with Crippen molar-refractivity contribution in [3.05, 3.63) is 35.4 Å². The van der Waals surface area contributed by atoms with Crippen LogP contribution in [0.25, 0.3) is 0 Å². The van der Waals surface area contributed by atoms with E-state index in [1.807, 2.05) is 6.07 Å². The van der Waals surface area contributed by atoms with Gasteiger partial charge >= 0.3 is 5.97 Å². The maximum absolute atomic E-state index is 11.8. The maximum Gasteiger partial charge on any atom is 0.303 e. The van der Waals surface area contributed by atoms with Gasteiger partial charge in [-0.15, -0.1) is 0 Å². The molecule has 0 amide bonds. The van der Waals surface area contributed by atoms with Gasteiger partial charge in [0.05, 0.1) is 17.4 Å².